The summed E-state index contributed by atoms with van der Waals surface area (Å²) in [5, 5.41) is 0. The first-order valence-electron chi connectivity index (χ1n) is 8.30. The molecule has 0 unspecified atom stereocenters. The van der Waals surface area contributed by atoms with Crippen LogP contribution < -0.4 is 9.47 Å². The Balaban J connectivity index is 1.86. The Labute approximate surface area is 147 Å². The molecular weight excluding hydrogens is 312 g/mol. The van der Waals surface area contributed by atoms with Gasteiger partial charge in [0.05, 0.1) is 12.2 Å². The van der Waals surface area contributed by atoms with Crippen LogP contribution in [0.15, 0.2) is 72.8 Å². The molecule has 0 bridgehead atoms. The Kier molecular flexibility index (Phi) is 5.47. The summed E-state index contributed by atoms with van der Waals surface area (Å²) in [5.41, 5.74) is 3.48. The Morgan fingerprint density at radius 1 is 0.840 bits per heavy atom. The number of hydrogen-bond donors (Lipinski definition) is 0. The minimum atomic E-state index is 0.427. The van der Waals surface area contributed by atoms with Gasteiger partial charge in [0.25, 0.3) is 0 Å². The van der Waals surface area contributed by atoms with Crippen LogP contribution in [0.1, 0.15) is 22.8 Å². The molecule has 0 saturated carbocycles. The van der Waals surface area contributed by atoms with Gasteiger partial charge in [-0.2, -0.15) is 0 Å². The van der Waals surface area contributed by atoms with E-state index in [2.05, 4.69) is 0 Å². The smallest absolute Gasteiger partial charge is 0.153 e. The van der Waals surface area contributed by atoms with Crippen LogP contribution in [-0.2, 0) is 6.61 Å². The predicted octanol–water partition coefficient (Wildman–Crippen LogP) is 5.14. The number of carbonyl (C=O) groups is 1. The van der Waals surface area contributed by atoms with Gasteiger partial charge in [0.2, 0.25) is 0 Å². The molecule has 0 saturated heterocycles. The highest BCUT2D eigenvalue weighted by molar-refractivity contribution is 5.84. The molecule has 0 radical (unpaired) electrons. The average Bonchev–Trinajstić information content (AvgIpc) is 2.68. The van der Waals surface area contributed by atoms with Crippen molar-refractivity contribution in [2.24, 2.45) is 0 Å². The fourth-order valence-electron chi connectivity index (χ4n) is 2.66. The van der Waals surface area contributed by atoms with E-state index < -0.39 is 0 Å². The van der Waals surface area contributed by atoms with Crippen LogP contribution >= 0.6 is 0 Å². The van der Waals surface area contributed by atoms with Gasteiger partial charge in [-0.15, -0.1) is 0 Å². The van der Waals surface area contributed by atoms with E-state index in [1.807, 2.05) is 79.7 Å². The van der Waals surface area contributed by atoms with E-state index in [0.717, 1.165) is 28.7 Å². The lowest BCUT2D eigenvalue weighted by Gasteiger charge is -2.13. The van der Waals surface area contributed by atoms with Crippen LogP contribution in [0, 0.1) is 0 Å². The number of aldehydes is 1. The van der Waals surface area contributed by atoms with Crippen LogP contribution in [0.25, 0.3) is 11.1 Å². The van der Waals surface area contributed by atoms with Gasteiger partial charge in [-0.25, -0.2) is 0 Å². The van der Waals surface area contributed by atoms with Gasteiger partial charge in [0.15, 0.2) is 6.29 Å². The number of carbonyl (C=O) groups excluding carboxylic acids is 1. The van der Waals surface area contributed by atoms with Gasteiger partial charge < -0.3 is 9.47 Å². The van der Waals surface area contributed by atoms with Crippen molar-refractivity contribution in [3.05, 3.63) is 83.9 Å². The third-order valence-corrected chi connectivity index (χ3v) is 3.87. The quantitative estimate of drug-likeness (QED) is 0.562. The standard InChI is InChI=1S/C22H20O3/c1-2-24-22-11-7-6-10-20(22)18-12-13-21(19(14-18)15-23)25-16-17-8-4-3-5-9-17/h3-15H,2,16H2,1H3. The summed E-state index contributed by atoms with van der Waals surface area (Å²) in [6.07, 6.45) is 0.827. The number of para-hydroxylation sites is 1. The second-order valence-corrected chi connectivity index (χ2v) is 5.57. The molecule has 0 fully saturated rings. The lowest BCUT2D eigenvalue weighted by atomic mass is 10.0. The minimum Gasteiger partial charge on any atom is -0.493 e. The highest BCUT2D eigenvalue weighted by Gasteiger charge is 2.10. The zero-order valence-electron chi connectivity index (χ0n) is 14.1. The number of ether oxygens (including phenoxy) is 2. The molecule has 25 heavy (non-hydrogen) atoms. The molecule has 3 aromatic rings. The number of rotatable bonds is 7. The van der Waals surface area contributed by atoms with E-state index >= 15 is 0 Å². The lowest BCUT2D eigenvalue weighted by molar-refractivity contribution is 0.111. The van der Waals surface area contributed by atoms with Crippen molar-refractivity contribution in [3.8, 4) is 22.6 Å². The van der Waals surface area contributed by atoms with Crippen molar-refractivity contribution in [1.29, 1.82) is 0 Å². The summed E-state index contributed by atoms with van der Waals surface area (Å²) in [7, 11) is 0. The summed E-state index contributed by atoms with van der Waals surface area (Å²) >= 11 is 0. The maximum absolute atomic E-state index is 11.5. The molecule has 3 heteroatoms. The fraction of sp³-hybridized carbons (Fsp3) is 0.136. The summed E-state index contributed by atoms with van der Waals surface area (Å²) in [4.78, 5) is 11.5. The maximum Gasteiger partial charge on any atom is 0.153 e. The molecule has 3 nitrogen and oxygen atoms in total. The molecule has 0 aliphatic rings. The summed E-state index contributed by atoms with van der Waals surface area (Å²) in [6, 6.07) is 23.3. The Morgan fingerprint density at radius 2 is 1.60 bits per heavy atom. The molecule has 0 aromatic heterocycles. The normalized spacial score (nSPS) is 10.3. The first kappa shape index (κ1) is 16.8. The average molecular weight is 332 g/mol. The molecule has 3 rings (SSSR count). The molecule has 126 valence electrons. The van der Waals surface area contributed by atoms with Crippen LogP contribution in [-0.4, -0.2) is 12.9 Å². The van der Waals surface area contributed by atoms with Crippen LogP contribution in [0.3, 0.4) is 0 Å². The van der Waals surface area contributed by atoms with Crippen LogP contribution in [0.2, 0.25) is 0 Å². The molecule has 0 atom stereocenters. The molecule has 0 aliphatic heterocycles. The SMILES string of the molecule is CCOc1ccccc1-c1ccc(OCc2ccccc2)c(C=O)c1. The maximum atomic E-state index is 11.5. The van der Waals surface area contributed by atoms with Gasteiger partial charge in [-0.05, 0) is 36.2 Å². The molecular formula is C22H20O3. The first-order chi connectivity index (χ1) is 12.3. The van der Waals surface area contributed by atoms with Crippen LogP contribution in [0.5, 0.6) is 11.5 Å². The van der Waals surface area contributed by atoms with Crippen molar-refractivity contribution in [2.45, 2.75) is 13.5 Å². The number of hydrogen-bond acceptors (Lipinski definition) is 3. The fourth-order valence-corrected chi connectivity index (χ4v) is 2.66. The van der Waals surface area contributed by atoms with Gasteiger partial charge in [-0.3, -0.25) is 4.79 Å². The Bertz CT molecular complexity index is 841. The van der Waals surface area contributed by atoms with Crippen molar-refractivity contribution >= 4 is 6.29 Å². The zero-order chi connectivity index (χ0) is 17.5. The molecule has 0 aliphatic carbocycles. The molecule has 0 N–H and O–H groups in total. The minimum absolute atomic E-state index is 0.427. The van der Waals surface area contributed by atoms with Crippen molar-refractivity contribution in [1.82, 2.24) is 0 Å². The van der Waals surface area contributed by atoms with Gasteiger partial charge in [0.1, 0.15) is 18.1 Å². The van der Waals surface area contributed by atoms with E-state index in [0.29, 0.717) is 24.5 Å². The van der Waals surface area contributed by atoms with Gasteiger partial charge in [-0.1, -0.05) is 54.6 Å². The van der Waals surface area contributed by atoms with Gasteiger partial charge in [0, 0.05) is 5.56 Å². The molecule has 3 aromatic carbocycles. The van der Waals surface area contributed by atoms with E-state index in [1.54, 1.807) is 0 Å². The molecule has 0 heterocycles. The highest BCUT2D eigenvalue weighted by atomic mass is 16.5. The van der Waals surface area contributed by atoms with Crippen molar-refractivity contribution in [2.75, 3.05) is 6.61 Å². The highest BCUT2D eigenvalue weighted by Crippen LogP contribution is 2.32. The van der Waals surface area contributed by atoms with E-state index in [1.165, 1.54) is 0 Å². The second kappa shape index (κ2) is 8.15. The van der Waals surface area contributed by atoms with Gasteiger partial charge >= 0.3 is 0 Å². The Morgan fingerprint density at radius 3 is 2.36 bits per heavy atom. The summed E-state index contributed by atoms with van der Waals surface area (Å²) in [5.74, 6) is 1.39. The van der Waals surface area contributed by atoms with Crippen molar-refractivity contribution in [3.63, 3.8) is 0 Å². The topological polar surface area (TPSA) is 35.5 Å². The predicted molar refractivity (Wildman–Crippen MR) is 99.2 cm³/mol. The van der Waals surface area contributed by atoms with Crippen LogP contribution in [0.4, 0.5) is 0 Å². The van der Waals surface area contributed by atoms with E-state index in [9.17, 15) is 4.79 Å². The largest absolute Gasteiger partial charge is 0.493 e. The zero-order valence-corrected chi connectivity index (χ0v) is 14.1. The third-order valence-electron chi connectivity index (χ3n) is 3.87. The number of benzene rings is 3. The summed E-state index contributed by atoms with van der Waals surface area (Å²) < 4.78 is 11.5. The molecule has 0 spiro atoms. The molecule has 0 amide bonds. The lowest BCUT2D eigenvalue weighted by Crippen LogP contribution is -1.99. The summed E-state index contributed by atoms with van der Waals surface area (Å²) in [6.45, 7) is 2.97. The third kappa shape index (κ3) is 4.07. The Hall–Kier alpha value is -3.07. The van der Waals surface area contributed by atoms with Crippen molar-refractivity contribution < 1.29 is 14.3 Å². The van der Waals surface area contributed by atoms with E-state index in [4.69, 9.17) is 9.47 Å². The monoisotopic (exact) mass is 332 g/mol. The second-order valence-electron chi connectivity index (χ2n) is 5.57. The first-order valence-corrected chi connectivity index (χ1v) is 8.30. The van der Waals surface area contributed by atoms with E-state index in [-0.39, 0.29) is 0 Å².